The summed E-state index contributed by atoms with van der Waals surface area (Å²) in [6.45, 7) is 9.05. The first-order valence-electron chi connectivity index (χ1n) is 4.42. The maximum atomic E-state index is 4.01. The monoisotopic (exact) mass is 163 g/mol. The molecule has 0 saturated carbocycles. The first-order chi connectivity index (χ1) is 5.52. The van der Waals surface area contributed by atoms with E-state index in [1.807, 2.05) is 12.4 Å². The molecular formula is C11H17N. The zero-order valence-electron chi connectivity index (χ0n) is 8.33. The van der Waals surface area contributed by atoms with Gasteiger partial charge < -0.3 is 0 Å². The van der Waals surface area contributed by atoms with E-state index in [4.69, 9.17) is 0 Å². The highest BCUT2D eigenvalue weighted by Crippen LogP contribution is 2.33. The van der Waals surface area contributed by atoms with Crippen molar-refractivity contribution in [1.82, 2.24) is 4.98 Å². The first kappa shape index (κ1) is 9.24. The first-order valence-corrected chi connectivity index (χ1v) is 4.42. The summed E-state index contributed by atoms with van der Waals surface area (Å²) in [5.41, 5.74) is 1.71. The Kier molecular flexibility index (Phi) is 2.51. The van der Waals surface area contributed by atoms with Crippen LogP contribution in [0.1, 0.15) is 39.2 Å². The van der Waals surface area contributed by atoms with E-state index in [9.17, 15) is 0 Å². The van der Waals surface area contributed by atoms with E-state index in [1.54, 1.807) is 0 Å². The molecule has 0 N–H and O–H groups in total. The maximum Gasteiger partial charge on any atom is 0.0270 e. The van der Waals surface area contributed by atoms with Crippen LogP contribution >= 0.6 is 0 Å². The van der Waals surface area contributed by atoms with Crippen LogP contribution in [0.5, 0.6) is 0 Å². The molecule has 0 spiro atoms. The average molecular weight is 163 g/mol. The summed E-state index contributed by atoms with van der Waals surface area (Å²) < 4.78 is 0. The van der Waals surface area contributed by atoms with Crippen LogP contribution in [-0.4, -0.2) is 4.98 Å². The molecule has 0 aliphatic carbocycles. The van der Waals surface area contributed by atoms with Gasteiger partial charge in [-0.1, -0.05) is 27.7 Å². The van der Waals surface area contributed by atoms with Gasteiger partial charge in [-0.25, -0.2) is 0 Å². The van der Waals surface area contributed by atoms with Crippen molar-refractivity contribution in [2.75, 3.05) is 0 Å². The molecule has 0 aliphatic heterocycles. The van der Waals surface area contributed by atoms with Crippen LogP contribution in [-0.2, 0) is 0 Å². The van der Waals surface area contributed by atoms with Crippen LogP contribution in [0.25, 0.3) is 0 Å². The molecule has 1 aromatic rings. The number of pyridine rings is 1. The molecule has 1 nitrogen and oxygen atoms in total. The molecule has 1 rings (SSSR count). The van der Waals surface area contributed by atoms with Crippen molar-refractivity contribution in [1.29, 1.82) is 0 Å². The van der Waals surface area contributed by atoms with Crippen molar-refractivity contribution in [3.05, 3.63) is 30.1 Å². The zero-order valence-corrected chi connectivity index (χ0v) is 8.33. The number of aromatic nitrogens is 1. The Morgan fingerprint density at radius 3 is 2.08 bits per heavy atom. The van der Waals surface area contributed by atoms with Gasteiger partial charge in [-0.2, -0.15) is 0 Å². The van der Waals surface area contributed by atoms with Crippen molar-refractivity contribution >= 4 is 0 Å². The molecule has 0 aliphatic rings. The SMILES string of the molecule is C[C@H](c1ccncc1)C(C)(C)C. The third kappa shape index (κ3) is 2.07. The van der Waals surface area contributed by atoms with Crippen LogP contribution in [0.2, 0.25) is 0 Å². The van der Waals surface area contributed by atoms with Gasteiger partial charge in [0.15, 0.2) is 0 Å². The topological polar surface area (TPSA) is 12.9 Å². The smallest absolute Gasteiger partial charge is 0.0270 e. The van der Waals surface area contributed by atoms with Crippen molar-refractivity contribution in [2.45, 2.75) is 33.6 Å². The fraction of sp³-hybridized carbons (Fsp3) is 0.545. The summed E-state index contributed by atoms with van der Waals surface area (Å²) in [7, 11) is 0. The Hall–Kier alpha value is -0.850. The Labute approximate surface area is 74.8 Å². The van der Waals surface area contributed by atoms with Crippen LogP contribution in [0.15, 0.2) is 24.5 Å². The minimum Gasteiger partial charge on any atom is -0.265 e. The van der Waals surface area contributed by atoms with Crippen LogP contribution in [0.3, 0.4) is 0 Å². The lowest BCUT2D eigenvalue weighted by atomic mass is 9.78. The lowest BCUT2D eigenvalue weighted by molar-refractivity contribution is 0.339. The second-order valence-electron chi connectivity index (χ2n) is 4.37. The van der Waals surface area contributed by atoms with Gasteiger partial charge in [-0.05, 0) is 29.0 Å². The number of hydrogen-bond donors (Lipinski definition) is 0. The van der Waals surface area contributed by atoms with Crippen molar-refractivity contribution in [3.8, 4) is 0 Å². The van der Waals surface area contributed by atoms with Crippen LogP contribution in [0.4, 0.5) is 0 Å². The predicted molar refractivity (Wildman–Crippen MR) is 52.1 cm³/mol. The van der Waals surface area contributed by atoms with E-state index >= 15 is 0 Å². The van der Waals surface area contributed by atoms with Crippen LogP contribution in [0, 0.1) is 5.41 Å². The molecule has 0 amide bonds. The molecule has 66 valence electrons. The maximum absolute atomic E-state index is 4.01. The van der Waals surface area contributed by atoms with Gasteiger partial charge in [0.2, 0.25) is 0 Å². The number of nitrogens with zero attached hydrogens (tertiary/aromatic N) is 1. The molecule has 0 bridgehead atoms. The van der Waals surface area contributed by atoms with Gasteiger partial charge in [0.1, 0.15) is 0 Å². The van der Waals surface area contributed by atoms with Crippen molar-refractivity contribution in [3.63, 3.8) is 0 Å². The minimum absolute atomic E-state index is 0.335. The molecule has 1 atom stereocenters. The van der Waals surface area contributed by atoms with Gasteiger partial charge in [0, 0.05) is 12.4 Å². The largest absolute Gasteiger partial charge is 0.265 e. The minimum atomic E-state index is 0.335. The molecule has 1 heteroatoms. The van der Waals surface area contributed by atoms with E-state index in [-0.39, 0.29) is 0 Å². The fourth-order valence-corrected chi connectivity index (χ4v) is 1.15. The fourth-order valence-electron chi connectivity index (χ4n) is 1.15. The quantitative estimate of drug-likeness (QED) is 0.619. The van der Waals surface area contributed by atoms with E-state index < -0.39 is 0 Å². The number of rotatable bonds is 1. The lowest BCUT2D eigenvalue weighted by Gasteiger charge is -2.27. The van der Waals surface area contributed by atoms with E-state index in [1.165, 1.54) is 5.56 Å². The zero-order chi connectivity index (χ0) is 9.19. The predicted octanol–water partition coefficient (Wildman–Crippen LogP) is 3.23. The molecule has 12 heavy (non-hydrogen) atoms. The average Bonchev–Trinajstić information content (AvgIpc) is 2.03. The van der Waals surface area contributed by atoms with Gasteiger partial charge in [0.25, 0.3) is 0 Å². The van der Waals surface area contributed by atoms with Crippen LogP contribution < -0.4 is 0 Å². The van der Waals surface area contributed by atoms with Gasteiger partial charge in [0.05, 0.1) is 0 Å². The summed E-state index contributed by atoms with van der Waals surface area (Å²) >= 11 is 0. The van der Waals surface area contributed by atoms with Gasteiger partial charge >= 0.3 is 0 Å². The van der Waals surface area contributed by atoms with E-state index in [0.29, 0.717) is 11.3 Å². The Morgan fingerprint density at radius 1 is 1.17 bits per heavy atom. The Morgan fingerprint density at radius 2 is 1.67 bits per heavy atom. The third-order valence-corrected chi connectivity index (χ3v) is 2.51. The summed E-state index contributed by atoms with van der Waals surface area (Å²) in [5, 5.41) is 0. The normalized spacial score (nSPS) is 14.3. The summed E-state index contributed by atoms with van der Waals surface area (Å²) in [6.07, 6.45) is 3.72. The summed E-state index contributed by atoms with van der Waals surface area (Å²) in [5.74, 6) is 0.584. The van der Waals surface area contributed by atoms with E-state index in [2.05, 4.69) is 44.8 Å². The number of hydrogen-bond acceptors (Lipinski definition) is 1. The molecular weight excluding hydrogens is 146 g/mol. The molecule has 0 fully saturated rings. The molecule has 0 saturated heterocycles. The van der Waals surface area contributed by atoms with Crippen molar-refractivity contribution < 1.29 is 0 Å². The second kappa shape index (κ2) is 3.26. The van der Waals surface area contributed by atoms with Crippen molar-refractivity contribution in [2.24, 2.45) is 5.41 Å². The molecule has 0 radical (unpaired) electrons. The standard InChI is InChI=1S/C11H17N/c1-9(11(2,3)4)10-5-7-12-8-6-10/h5-9H,1-4H3/t9-/m1/s1. The second-order valence-corrected chi connectivity index (χ2v) is 4.37. The molecule has 1 aromatic heterocycles. The Balaban J connectivity index is 2.86. The van der Waals surface area contributed by atoms with E-state index in [0.717, 1.165) is 0 Å². The van der Waals surface area contributed by atoms with Gasteiger partial charge in [-0.15, -0.1) is 0 Å². The highest BCUT2D eigenvalue weighted by Gasteiger charge is 2.20. The lowest BCUT2D eigenvalue weighted by Crippen LogP contribution is -2.15. The third-order valence-electron chi connectivity index (χ3n) is 2.51. The summed E-state index contributed by atoms with van der Waals surface area (Å²) in [4.78, 5) is 4.01. The summed E-state index contributed by atoms with van der Waals surface area (Å²) in [6, 6.07) is 4.19. The van der Waals surface area contributed by atoms with Gasteiger partial charge in [-0.3, -0.25) is 4.98 Å². The highest BCUT2D eigenvalue weighted by atomic mass is 14.6. The molecule has 0 aromatic carbocycles. The molecule has 1 heterocycles. The Bertz CT molecular complexity index is 233. The highest BCUT2D eigenvalue weighted by molar-refractivity contribution is 5.16. The molecule has 0 unspecified atom stereocenters.